The molecule has 0 bridgehead atoms. The van der Waals surface area contributed by atoms with Gasteiger partial charge >= 0.3 is 6.09 Å². The molecular formula is C15H22N2O3S. The predicted octanol–water partition coefficient (Wildman–Crippen LogP) is 2.42. The van der Waals surface area contributed by atoms with Gasteiger partial charge in [0.25, 0.3) is 0 Å². The van der Waals surface area contributed by atoms with Crippen LogP contribution in [0.15, 0.2) is 16.8 Å². The second-order valence-electron chi connectivity index (χ2n) is 6.28. The van der Waals surface area contributed by atoms with Crippen LogP contribution in [0.2, 0.25) is 0 Å². The fourth-order valence-electron chi connectivity index (χ4n) is 2.26. The number of hydrogen-bond donors (Lipinski definition) is 1. The molecule has 0 aromatic carbocycles. The van der Waals surface area contributed by atoms with E-state index in [-0.39, 0.29) is 11.9 Å². The Morgan fingerprint density at radius 1 is 1.48 bits per heavy atom. The van der Waals surface area contributed by atoms with Crippen LogP contribution in [0.5, 0.6) is 0 Å². The second-order valence-corrected chi connectivity index (χ2v) is 7.06. The number of ether oxygens (including phenoxy) is 1. The minimum Gasteiger partial charge on any atom is -0.444 e. The normalized spacial score (nSPS) is 18.6. The molecule has 2 heterocycles. The highest BCUT2D eigenvalue weighted by atomic mass is 32.1. The zero-order valence-electron chi connectivity index (χ0n) is 12.7. The summed E-state index contributed by atoms with van der Waals surface area (Å²) in [5.74, 6) is 0.113. The number of rotatable bonds is 3. The topological polar surface area (TPSA) is 58.6 Å². The average Bonchev–Trinajstić information content (AvgIpc) is 2.97. The minimum absolute atomic E-state index is 0.0220. The van der Waals surface area contributed by atoms with E-state index in [1.165, 1.54) is 0 Å². The van der Waals surface area contributed by atoms with Gasteiger partial charge < -0.3 is 15.0 Å². The number of carbonyl (C=O) groups excluding carboxylic acids is 2. The molecule has 1 fully saturated rings. The van der Waals surface area contributed by atoms with E-state index < -0.39 is 11.7 Å². The van der Waals surface area contributed by atoms with E-state index in [1.807, 2.05) is 37.6 Å². The van der Waals surface area contributed by atoms with Crippen molar-refractivity contribution in [3.8, 4) is 0 Å². The number of hydrogen-bond acceptors (Lipinski definition) is 4. The zero-order valence-corrected chi connectivity index (χ0v) is 13.5. The van der Waals surface area contributed by atoms with E-state index in [1.54, 1.807) is 16.2 Å². The van der Waals surface area contributed by atoms with Gasteiger partial charge in [0.05, 0.1) is 12.5 Å². The molecule has 6 heteroatoms. The SMILES string of the molecule is CC(C)(C)OC(=O)N[C@@H]1CCN(C(=O)Cc2ccsc2)C1. The molecule has 1 aliphatic heterocycles. The third kappa shape index (κ3) is 5.04. The molecule has 0 aliphatic carbocycles. The molecule has 1 aromatic heterocycles. The molecule has 21 heavy (non-hydrogen) atoms. The van der Waals surface area contributed by atoms with Gasteiger partial charge in [-0.1, -0.05) is 0 Å². The van der Waals surface area contributed by atoms with Crippen molar-refractivity contribution in [2.75, 3.05) is 13.1 Å². The molecule has 0 unspecified atom stereocenters. The number of alkyl carbamates (subject to hydrolysis) is 1. The molecule has 1 aromatic rings. The summed E-state index contributed by atoms with van der Waals surface area (Å²) in [6, 6.07) is 1.95. The molecule has 2 rings (SSSR count). The van der Waals surface area contributed by atoms with Crippen molar-refractivity contribution in [3.63, 3.8) is 0 Å². The third-order valence-corrected chi connectivity index (χ3v) is 3.93. The number of nitrogens with zero attached hydrogens (tertiary/aromatic N) is 1. The Labute approximate surface area is 129 Å². The zero-order chi connectivity index (χ0) is 15.5. The van der Waals surface area contributed by atoms with Crippen molar-refractivity contribution in [1.29, 1.82) is 0 Å². The summed E-state index contributed by atoms with van der Waals surface area (Å²) in [7, 11) is 0. The lowest BCUT2D eigenvalue weighted by molar-refractivity contribution is -0.129. The monoisotopic (exact) mass is 310 g/mol. The van der Waals surface area contributed by atoms with Crippen LogP contribution >= 0.6 is 11.3 Å². The van der Waals surface area contributed by atoms with Crippen LogP contribution in [0.25, 0.3) is 0 Å². The highest BCUT2D eigenvalue weighted by Gasteiger charge is 2.28. The number of carbonyl (C=O) groups is 2. The first-order valence-corrected chi connectivity index (χ1v) is 8.06. The van der Waals surface area contributed by atoms with Crippen LogP contribution in [0.1, 0.15) is 32.8 Å². The maximum atomic E-state index is 12.2. The highest BCUT2D eigenvalue weighted by Crippen LogP contribution is 2.14. The Bertz CT molecular complexity index is 494. The van der Waals surface area contributed by atoms with Gasteiger partial charge in [-0.15, -0.1) is 0 Å². The molecule has 0 saturated carbocycles. The summed E-state index contributed by atoms with van der Waals surface area (Å²) in [5, 5.41) is 6.79. The second kappa shape index (κ2) is 6.47. The van der Waals surface area contributed by atoms with Crippen LogP contribution in [0.3, 0.4) is 0 Å². The van der Waals surface area contributed by atoms with Crippen LogP contribution in [-0.2, 0) is 16.0 Å². The Balaban J connectivity index is 1.78. The van der Waals surface area contributed by atoms with Crippen molar-refractivity contribution in [2.45, 2.75) is 45.3 Å². The van der Waals surface area contributed by atoms with Gasteiger partial charge in [0.2, 0.25) is 5.91 Å². The van der Waals surface area contributed by atoms with Crippen molar-refractivity contribution < 1.29 is 14.3 Å². The molecule has 0 radical (unpaired) electrons. The number of thiophene rings is 1. The maximum absolute atomic E-state index is 12.2. The lowest BCUT2D eigenvalue weighted by Crippen LogP contribution is -2.41. The molecule has 1 atom stereocenters. The lowest BCUT2D eigenvalue weighted by Gasteiger charge is -2.22. The third-order valence-electron chi connectivity index (χ3n) is 3.20. The van der Waals surface area contributed by atoms with Gasteiger partial charge in [0.1, 0.15) is 5.60 Å². The number of nitrogens with one attached hydrogen (secondary N) is 1. The first-order valence-electron chi connectivity index (χ1n) is 7.12. The number of likely N-dealkylation sites (tertiary alicyclic amines) is 1. The average molecular weight is 310 g/mol. The highest BCUT2D eigenvalue weighted by molar-refractivity contribution is 7.07. The molecular weight excluding hydrogens is 288 g/mol. The summed E-state index contributed by atoms with van der Waals surface area (Å²) >= 11 is 1.59. The Kier molecular flexibility index (Phi) is 4.88. The summed E-state index contributed by atoms with van der Waals surface area (Å²) < 4.78 is 5.23. The van der Waals surface area contributed by atoms with Crippen LogP contribution < -0.4 is 5.32 Å². The van der Waals surface area contributed by atoms with E-state index in [0.717, 1.165) is 12.0 Å². The molecule has 2 amide bonds. The van der Waals surface area contributed by atoms with Crippen molar-refractivity contribution in [2.24, 2.45) is 0 Å². The first-order chi connectivity index (χ1) is 9.83. The summed E-state index contributed by atoms with van der Waals surface area (Å²) in [4.78, 5) is 25.7. The van der Waals surface area contributed by atoms with Crippen LogP contribution in [-0.4, -0.2) is 41.6 Å². The van der Waals surface area contributed by atoms with Gasteiger partial charge in [-0.05, 0) is 49.6 Å². The fourth-order valence-corrected chi connectivity index (χ4v) is 2.93. The van der Waals surface area contributed by atoms with Gasteiger partial charge in [0.15, 0.2) is 0 Å². The molecule has 116 valence electrons. The van der Waals surface area contributed by atoms with Gasteiger partial charge in [-0.3, -0.25) is 4.79 Å². The largest absolute Gasteiger partial charge is 0.444 e. The molecule has 1 aliphatic rings. The van der Waals surface area contributed by atoms with E-state index in [2.05, 4.69) is 5.32 Å². The van der Waals surface area contributed by atoms with Gasteiger partial charge in [-0.2, -0.15) is 11.3 Å². The van der Waals surface area contributed by atoms with E-state index >= 15 is 0 Å². The summed E-state index contributed by atoms with van der Waals surface area (Å²) in [6.07, 6.45) is 0.789. The standard InChI is InChI=1S/C15H22N2O3S/c1-15(2,3)20-14(19)16-12-4-6-17(9-12)13(18)8-11-5-7-21-10-11/h5,7,10,12H,4,6,8-9H2,1-3H3,(H,16,19)/t12-/m1/s1. The van der Waals surface area contributed by atoms with Crippen molar-refractivity contribution in [3.05, 3.63) is 22.4 Å². The Hall–Kier alpha value is -1.56. The molecule has 0 spiro atoms. The minimum atomic E-state index is -0.503. The van der Waals surface area contributed by atoms with E-state index in [0.29, 0.717) is 19.5 Å². The number of amides is 2. The van der Waals surface area contributed by atoms with Crippen LogP contribution in [0.4, 0.5) is 4.79 Å². The predicted molar refractivity (Wildman–Crippen MR) is 82.4 cm³/mol. The van der Waals surface area contributed by atoms with Gasteiger partial charge in [0, 0.05) is 13.1 Å². The molecule has 1 saturated heterocycles. The quantitative estimate of drug-likeness (QED) is 0.933. The lowest BCUT2D eigenvalue weighted by atomic mass is 10.2. The smallest absolute Gasteiger partial charge is 0.407 e. The summed E-state index contributed by atoms with van der Waals surface area (Å²) in [6.45, 7) is 6.74. The first kappa shape index (κ1) is 15.8. The van der Waals surface area contributed by atoms with Crippen molar-refractivity contribution >= 4 is 23.3 Å². The fraction of sp³-hybridized carbons (Fsp3) is 0.600. The van der Waals surface area contributed by atoms with Crippen LogP contribution in [0, 0.1) is 0 Å². The van der Waals surface area contributed by atoms with E-state index in [4.69, 9.17) is 4.74 Å². The Morgan fingerprint density at radius 2 is 2.24 bits per heavy atom. The molecule has 1 N–H and O–H groups in total. The Morgan fingerprint density at radius 3 is 2.86 bits per heavy atom. The maximum Gasteiger partial charge on any atom is 0.407 e. The summed E-state index contributed by atoms with van der Waals surface area (Å²) in [5.41, 5.74) is 0.547. The van der Waals surface area contributed by atoms with E-state index in [9.17, 15) is 9.59 Å². The van der Waals surface area contributed by atoms with Gasteiger partial charge in [-0.25, -0.2) is 4.79 Å². The molecule has 5 nitrogen and oxygen atoms in total. The van der Waals surface area contributed by atoms with Crippen molar-refractivity contribution in [1.82, 2.24) is 10.2 Å².